The van der Waals surface area contributed by atoms with Gasteiger partial charge in [0.05, 0.1) is 19.2 Å². The van der Waals surface area contributed by atoms with Crippen molar-refractivity contribution in [1.29, 1.82) is 0 Å². The molecular formula is C8H16NO+. The lowest BCUT2D eigenvalue weighted by Gasteiger charge is -2.46. The van der Waals surface area contributed by atoms with Crippen LogP contribution in [0.2, 0.25) is 0 Å². The number of quaternary nitrogens is 1. The molecule has 0 atom stereocenters. The highest BCUT2D eigenvalue weighted by Crippen LogP contribution is 2.44. The molecule has 1 aliphatic carbocycles. The zero-order chi connectivity index (χ0) is 7.03. The molecule has 2 heteroatoms. The fraction of sp³-hybridized carbons (Fsp3) is 1.00. The van der Waals surface area contributed by atoms with Gasteiger partial charge in [0.1, 0.15) is 0 Å². The highest BCUT2D eigenvalue weighted by atomic mass is 16.3. The molecule has 0 bridgehead atoms. The molecule has 58 valence electrons. The predicted molar refractivity (Wildman–Crippen MR) is 38.6 cm³/mol. The van der Waals surface area contributed by atoms with Crippen molar-refractivity contribution in [2.24, 2.45) is 5.41 Å². The Morgan fingerprint density at radius 2 is 2.20 bits per heavy atom. The van der Waals surface area contributed by atoms with Gasteiger partial charge in [-0.05, 0) is 25.7 Å². The number of aliphatic hydroxyl groups excluding tert-OH is 1. The summed E-state index contributed by atoms with van der Waals surface area (Å²) in [6.07, 6.45) is 4.90. The van der Waals surface area contributed by atoms with Gasteiger partial charge in [-0.1, -0.05) is 0 Å². The standard InChI is InChI=1S/C8H15NO/c10-7-4-8(5-7)2-1-3-9-6-8/h7,9-10H,1-6H2/p+1. The van der Waals surface area contributed by atoms with E-state index in [-0.39, 0.29) is 6.10 Å². The van der Waals surface area contributed by atoms with Gasteiger partial charge in [-0.25, -0.2) is 0 Å². The zero-order valence-electron chi connectivity index (χ0n) is 6.34. The van der Waals surface area contributed by atoms with Crippen molar-refractivity contribution < 1.29 is 10.4 Å². The lowest BCUT2D eigenvalue weighted by molar-refractivity contribution is -0.680. The van der Waals surface area contributed by atoms with E-state index in [1.54, 1.807) is 0 Å². The van der Waals surface area contributed by atoms with Crippen LogP contribution in [0.5, 0.6) is 0 Å². The minimum absolute atomic E-state index is 0.0338. The van der Waals surface area contributed by atoms with Crippen molar-refractivity contribution in [3.63, 3.8) is 0 Å². The minimum atomic E-state index is 0.0338. The lowest BCUT2D eigenvalue weighted by atomic mass is 9.63. The van der Waals surface area contributed by atoms with Gasteiger partial charge in [0.15, 0.2) is 0 Å². The largest absolute Gasteiger partial charge is 0.393 e. The molecule has 1 saturated heterocycles. The van der Waals surface area contributed by atoms with Gasteiger partial charge in [-0.15, -0.1) is 0 Å². The summed E-state index contributed by atoms with van der Waals surface area (Å²) in [6, 6.07) is 0. The first-order valence-corrected chi connectivity index (χ1v) is 4.31. The number of hydrogen-bond donors (Lipinski definition) is 2. The van der Waals surface area contributed by atoms with Crippen LogP contribution in [-0.4, -0.2) is 24.3 Å². The normalized spacial score (nSPS) is 47.1. The van der Waals surface area contributed by atoms with Crippen LogP contribution in [0.4, 0.5) is 0 Å². The van der Waals surface area contributed by atoms with E-state index in [2.05, 4.69) is 5.32 Å². The average Bonchev–Trinajstić information content (AvgIpc) is 1.87. The lowest BCUT2D eigenvalue weighted by Crippen LogP contribution is -2.90. The third kappa shape index (κ3) is 0.956. The molecule has 1 saturated carbocycles. The summed E-state index contributed by atoms with van der Waals surface area (Å²) in [6.45, 7) is 2.57. The van der Waals surface area contributed by atoms with E-state index in [0.29, 0.717) is 5.41 Å². The highest BCUT2D eigenvalue weighted by molar-refractivity contribution is 4.93. The molecule has 0 unspecified atom stereocenters. The van der Waals surface area contributed by atoms with Crippen LogP contribution >= 0.6 is 0 Å². The van der Waals surface area contributed by atoms with Crippen LogP contribution in [0, 0.1) is 5.41 Å². The van der Waals surface area contributed by atoms with E-state index in [4.69, 9.17) is 5.11 Å². The fourth-order valence-corrected chi connectivity index (χ4v) is 2.44. The Kier molecular flexibility index (Phi) is 1.46. The molecule has 0 aromatic heterocycles. The predicted octanol–water partition coefficient (Wildman–Crippen LogP) is -0.515. The van der Waals surface area contributed by atoms with Gasteiger partial charge >= 0.3 is 0 Å². The van der Waals surface area contributed by atoms with E-state index in [1.165, 1.54) is 25.9 Å². The van der Waals surface area contributed by atoms with Gasteiger partial charge in [0.2, 0.25) is 0 Å². The maximum absolute atomic E-state index is 9.15. The maximum Gasteiger partial charge on any atom is 0.0814 e. The molecular weight excluding hydrogens is 126 g/mol. The highest BCUT2D eigenvalue weighted by Gasteiger charge is 2.45. The van der Waals surface area contributed by atoms with E-state index in [1.807, 2.05) is 0 Å². The third-order valence-electron chi connectivity index (χ3n) is 3.03. The van der Waals surface area contributed by atoms with Crippen LogP contribution in [0.3, 0.4) is 0 Å². The monoisotopic (exact) mass is 142 g/mol. The average molecular weight is 142 g/mol. The molecule has 0 aromatic carbocycles. The summed E-state index contributed by atoms with van der Waals surface area (Å²) in [4.78, 5) is 0. The number of piperidine rings is 1. The first-order valence-electron chi connectivity index (χ1n) is 4.31. The van der Waals surface area contributed by atoms with E-state index >= 15 is 0 Å². The van der Waals surface area contributed by atoms with Gasteiger partial charge in [-0.2, -0.15) is 0 Å². The Balaban J connectivity index is 1.90. The third-order valence-corrected chi connectivity index (χ3v) is 3.03. The van der Waals surface area contributed by atoms with Gasteiger partial charge < -0.3 is 10.4 Å². The minimum Gasteiger partial charge on any atom is -0.393 e. The second-order valence-corrected chi connectivity index (χ2v) is 3.95. The summed E-state index contributed by atoms with van der Waals surface area (Å²) in [5.41, 5.74) is 0.567. The van der Waals surface area contributed by atoms with Crippen LogP contribution < -0.4 is 5.32 Å². The molecule has 3 N–H and O–H groups in total. The second-order valence-electron chi connectivity index (χ2n) is 3.95. The SMILES string of the molecule is OC1CC2(CCC[NH2+]C2)C1. The smallest absolute Gasteiger partial charge is 0.0814 e. The number of hydrogen-bond acceptors (Lipinski definition) is 1. The van der Waals surface area contributed by atoms with Crippen LogP contribution in [0.1, 0.15) is 25.7 Å². The molecule has 2 aliphatic rings. The quantitative estimate of drug-likeness (QED) is 0.469. The molecule has 0 radical (unpaired) electrons. The topological polar surface area (TPSA) is 36.8 Å². The summed E-state index contributed by atoms with van der Waals surface area (Å²) in [5.74, 6) is 0. The molecule has 2 nitrogen and oxygen atoms in total. The number of aliphatic hydroxyl groups is 1. The van der Waals surface area contributed by atoms with Crippen molar-refractivity contribution in [2.45, 2.75) is 31.8 Å². The molecule has 2 rings (SSSR count). The second kappa shape index (κ2) is 2.21. The Labute approximate surface area is 61.6 Å². The van der Waals surface area contributed by atoms with Crippen molar-refractivity contribution >= 4 is 0 Å². The number of nitrogens with two attached hydrogens (primary N) is 1. The molecule has 10 heavy (non-hydrogen) atoms. The van der Waals surface area contributed by atoms with Gasteiger partial charge in [0, 0.05) is 5.41 Å². The first-order chi connectivity index (χ1) is 4.81. The van der Waals surface area contributed by atoms with Crippen molar-refractivity contribution in [3.05, 3.63) is 0 Å². The summed E-state index contributed by atoms with van der Waals surface area (Å²) < 4.78 is 0. The molecule has 1 aliphatic heterocycles. The van der Waals surface area contributed by atoms with Gasteiger partial charge in [-0.3, -0.25) is 0 Å². The summed E-state index contributed by atoms with van der Waals surface area (Å²) in [7, 11) is 0. The van der Waals surface area contributed by atoms with E-state index in [0.717, 1.165) is 12.8 Å². The maximum atomic E-state index is 9.15. The Morgan fingerprint density at radius 3 is 2.70 bits per heavy atom. The van der Waals surface area contributed by atoms with Crippen LogP contribution in [0.25, 0.3) is 0 Å². The molecule has 1 heterocycles. The molecule has 2 fully saturated rings. The van der Waals surface area contributed by atoms with Crippen molar-refractivity contribution in [3.8, 4) is 0 Å². The Bertz CT molecular complexity index is 114. The summed E-state index contributed by atoms with van der Waals surface area (Å²) in [5, 5.41) is 11.5. The van der Waals surface area contributed by atoms with Crippen molar-refractivity contribution in [1.82, 2.24) is 0 Å². The molecule has 1 spiro atoms. The zero-order valence-corrected chi connectivity index (χ0v) is 6.34. The Hall–Kier alpha value is -0.0800. The molecule has 0 aromatic rings. The number of rotatable bonds is 0. The summed E-state index contributed by atoms with van der Waals surface area (Å²) >= 11 is 0. The first kappa shape index (κ1) is 6.62. The molecule has 0 amide bonds. The van der Waals surface area contributed by atoms with E-state index in [9.17, 15) is 0 Å². The van der Waals surface area contributed by atoms with Crippen molar-refractivity contribution in [2.75, 3.05) is 13.1 Å². The Morgan fingerprint density at radius 1 is 1.40 bits per heavy atom. The fourth-order valence-electron chi connectivity index (χ4n) is 2.44. The van der Waals surface area contributed by atoms with Crippen LogP contribution in [0.15, 0.2) is 0 Å². The van der Waals surface area contributed by atoms with Gasteiger partial charge in [0.25, 0.3) is 0 Å². The van der Waals surface area contributed by atoms with Crippen LogP contribution in [-0.2, 0) is 0 Å². The van der Waals surface area contributed by atoms with E-state index < -0.39 is 0 Å².